The van der Waals surface area contributed by atoms with Crippen molar-refractivity contribution >= 4 is 22.8 Å². The Kier molecular flexibility index (Phi) is 3.61. The van der Waals surface area contributed by atoms with Crippen LogP contribution in [0.25, 0.3) is 33.7 Å². The molecule has 0 saturated heterocycles. The topological polar surface area (TPSA) is 67.3 Å². The lowest BCUT2D eigenvalue weighted by atomic mass is 10.1. The number of H-pyrrole nitrogens is 1. The Hall–Kier alpha value is -2.60. The van der Waals surface area contributed by atoms with E-state index in [1.807, 2.05) is 43.3 Å². The lowest BCUT2D eigenvalue weighted by molar-refractivity contribution is 0.795. The molecule has 0 aliphatic rings. The number of aromatic nitrogens is 5. The van der Waals surface area contributed by atoms with Gasteiger partial charge in [-0.3, -0.25) is 4.98 Å². The molecule has 24 heavy (non-hydrogen) atoms. The van der Waals surface area contributed by atoms with Crippen LogP contribution in [0.15, 0.2) is 36.4 Å². The number of hydrogen-bond donors (Lipinski definition) is 1. The zero-order valence-electron chi connectivity index (χ0n) is 13.7. The van der Waals surface area contributed by atoms with Crippen LogP contribution in [0.5, 0.6) is 0 Å². The molecule has 1 aromatic carbocycles. The third kappa shape index (κ3) is 2.59. The predicted molar refractivity (Wildman–Crippen MR) is 97.1 cm³/mol. The summed E-state index contributed by atoms with van der Waals surface area (Å²) < 4.78 is 8.61. The molecule has 6 heteroatoms. The number of hydrogen-bond acceptors (Lipinski definition) is 5. The van der Waals surface area contributed by atoms with Crippen molar-refractivity contribution in [1.82, 2.24) is 23.7 Å². The molecular weight excluding hydrogens is 318 g/mol. The second kappa shape index (κ2) is 5.79. The van der Waals surface area contributed by atoms with Crippen molar-refractivity contribution in [2.45, 2.75) is 26.7 Å². The van der Waals surface area contributed by atoms with Crippen molar-refractivity contribution < 1.29 is 0 Å². The van der Waals surface area contributed by atoms with E-state index in [1.165, 1.54) is 11.7 Å². The van der Waals surface area contributed by atoms with E-state index in [0.29, 0.717) is 5.92 Å². The lowest BCUT2D eigenvalue weighted by Gasteiger charge is -2.03. The minimum absolute atomic E-state index is 0.312. The van der Waals surface area contributed by atoms with Crippen LogP contribution in [0.2, 0.25) is 0 Å². The molecule has 0 amide bonds. The van der Waals surface area contributed by atoms with Gasteiger partial charge in [-0.05, 0) is 31.2 Å². The summed E-state index contributed by atoms with van der Waals surface area (Å²) in [7, 11) is 0. The van der Waals surface area contributed by atoms with Crippen LogP contribution in [0.3, 0.4) is 0 Å². The molecule has 5 nitrogen and oxygen atoms in total. The SMILES string of the molecule is Cc1cccc(-c2[nH]c(C(C)C)nc2-c2ccc3nsnc3c2)n1. The number of imidazole rings is 1. The molecule has 0 bridgehead atoms. The van der Waals surface area contributed by atoms with Crippen LogP contribution in [0.4, 0.5) is 0 Å². The maximum Gasteiger partial charge on any atom is 0.109 e. The van der Waals surface area contributed by atoms with Crippen molar-refractivity contribution in [2.24, 2.45) is 0 Å². The van der Waals surface area contributed by atoms with Crippen molar-refractivity contribution in [3.8, 4) is 22.6 Å². The summed E-state index contributed by atoms with van der Waals surface area (Å²) in [6.07, 6.45) is 0. The first-order valence-corrected chi connectivity index (χ1v) is 8.61. The lowest BCUT2D eigenvalue weighted by Crippen LogP contribution is -1.90. The molecule has 0 aliphatic carbocycles. The van der Waals surface area contributed by atoms with Gasteiger partial charge in [-0.1, -0.05) is 26.0 Å². The molecular formula is C18H17N5S. The van der Waals surface area contributed by atoms with Gasteiger partial charge >= 0.3 is 0 Å². The highest BCUT2D eigenvalue weighted by molar-refractivity contribution is 7.00. The van der Waals surface area contributed by atoms with Gasteiger partial charge in [-0.25, -0.2) is 4.98 Å². The molecule has 4 rings (SSSR count). The summed E-state index contributed by atoms with van der Waals surface area (Å²) in [4.78, 5) is 13.0. The Morgan fingerprint density at radius 2 is 1.83 bits per heavy atom. The van der Waals surface area contributed by atoms with Crippen LogP contribution in [-0.4, -0.2) is 23.7 Å². The van der Waals surface area contributed by atoms with Crippen LogP contribution in [0, 0.1) is 6.92 Å². The third-order valence-electron chi connectivity index (χ3n) is 3.94. The zero-order valence-corrected chi connectivity index (χ0v) is 14.6. The molecule has 0 saturated carbocycles. The number of nitrogens with zero attached hydrogens (tertiary/aromatic N) is 4. The van der Waals surface area contributed by atoms with Crippen molar-refractivity contribution in [1.29, 1.82) is 0 Å². The Balaban J connectivity index is 1.92. The van der Waals surface area contributed by atoms with Crippen molar-refractivity contribution in [2.75, 3.05) is 0 Å². The summed E-state index contributed by atoms with van der Waals surface area (Å²) in [5.41, 5.74) is 6.58. The summed E-state index contributed by atoms with van der Waals surface area (Å²) in [5.74, 6) is 1.27. The standard InChI is InChI=1S/C18H17N5S/c1-10(2)18-20-16(12-7-8-13-15(9-12)23-24-22-13)17(21-18)14-6-4-5-11(3)19-14/h4-10H,1-3H3,(H,20,21). The second-order valence-corrected chi connectivity index (χ2v) is 6.66. The number of nitrogens with one attached hydrogen (secondary N) is 1. The number of fused-ring (bicyclic) bond motifs is 1. The molecule has 0 aliphatic heterocycles. The van der Waals surface area contributed by atoms with Crippen molar-refractivity contribution in [3.63, 3.8) is 0 Å². The number of aryl methyl sites for hydroxylation is 1. The quantitative estimate of drug-likeness (QED) is 0.595. The van der Waals surface area contributed by atoms with Gasteiger partial charge in [0.15, 0.2) is 0 Å². The average molecular weight is 335 g/mol. The molecule has 0 unspecified atom stereocenters. The Labute approximate surface area is 144 Å². The van der Waals surface area contributed by atoms with Crippen LogP contribution < -0.4 is 0 Å². The van der Waals surface area contributed by atoms with Crippen LogP contribution in [-0.2, 0) is 0 Å². The highest BCUT2D eigenvalue weighted by atomic mass is 32.1. The van der Waals surface area contributed by atoms with Gasteiger partial charge in [0.25, 0.3) is 0 Å². The molecule has 0 radical (unpaired) electrons. The minimum atomic E-state index is 0.312. The Morgan fingerprint density at radius 3 is 2.62 bits per heavy atom. The molecule has 1 N–H and O–H groups in total. The molecule has 120 valence electrons. The van der Waals surface area contributed by atoms with E-state index in [9.17, 15) is 0 Å². The maximum absolute atomic E-state index is 4.84. The summed E-state index contributed by atoms with van der Waals surface area (Å²) in [6.45, 7) is 6.25. The van der Waals surface area contributed by atoms with Gasteiger partial charge in [0.05, 0.1) is 28.8 Å². The molecule has 0 fully saturated rings. The molecule has 0 spiro atoms. The van der Waals surface area contributed by atoms with Crippen molar-refractivity contribution in [3.05, 3.63) is 47.9 Å². The highest BCUT2D eigenvalue weighted by Gasteiger charge is 2.17. The van der Waals surface area contributed by atoms with E-state index >= 15 is 0 Å². The summed E-state index contributed by atoms with van der Waals surface area (Å²) in [6, 6.07) is 12.1. The van der Waals surface area contributed by atoms with E-state index in [-0.39, 0.29) is 0 Å². The predicted octanol–water partition coefficient (Wildman–Crippen LogP) is 4.58. The van der Waals surface area contributed by atoms with E-state index < -0.39 is 0 Å². The van der Waals surface area contributed by atoms with Gasteiger partial charge in [-0.2, -0.15) is 8.75 Å². The number of rotatable bonds is 3. The summed E-state index contributed by atoms with van der Waals surface area (Å²) >= 11 is 1.23. The fourth-order valence-electron chi connectivity index (χ4n) is 2.67. The van der Waals surface area contributed by atoms with Gasteiger partial charge in [0, 0.05) is 17.2 Å². The number of benzene rings is 1. The fraction of sp³-hybridized carbons (Fsp3) is 0.222. The van der Waals surface area contributed by atoms with Gasteiger partial charge in [0.2, 0.25) is 0 Å². The van der Waals surface area contributed by atoms with Crippen LogP contribution >= 0.6 is 11.7 Å². The zero-order chi connectivity index (χ0) is 16.7. The van der Waals surface area contributed by atoms with E-state index in [1.54, 1.807) is 0 Å². The number of aromatic amines is 1. The monoisotopic (exact) mass is 335 g/mol. The highest BCUT2D eigenvalue weighted by Crippen LogP contribution is 2.32. The normalized spacial score (nSPS) is 11.5. The Bertz CT molecular complexity index is 1020. The summed E-state index contributed by atoms with van der Waals surface area (Å²) in [5, 5.41) is 0. The first-order valence-electron chi connectivity index (χ1n) is 7.88. The largest absolute Gasteiger partial charge is 0.340 e. The maximum atomic E-state index is 4.84. The molecule has 4 aromatic rings. The number of pyridine rings is 1. The van der Waals surface area contributed by atoms with Crippen LogP contribution in [0.1, 0.15) is 31.3 Å². The minimum Gasteiger partial charge on any atom is -0.340 e. The average Bonchev–Trinajstić information content (AvgIpc) is 3.21. The van der Waals surface area contributed by atoms with Gasteiger partial charge in [-0.15, -0.1) is 0 Å². The Morgan fingerprint density at radius 1 is 1.00 bits per heavy atom. The van der Waals surface area contributed by atoms with Gasteiger partial charge in [0.1, 0.15) is 16.9 Å². The third-order valence-corrected chi connectivity index (χ3v) is 4.50. The fourth-order valence-corrected chi connectivity index (χ4v) is 3.19. The van der Waals surface area contributed by atoms with E-state index in [2.05, 4.69) is 32.6 Å². The van der Waals surface area contributed by atoms with E-state index in [4.69, 9.17) is 4.98 Å². The molecule has 3 heterocycles. The van der Waals surface area contributed by atoms with Gasteiger partial charge < -0.3 is 4.98 Å². The molecule has 0 atom stereocenters. The molecule has 3 aromatic heterocycles. The smallest absolute Gasteiger partial charge is 0.109 e. The second-order valence-electron chi connectivity index (χ2n) is 6.13. The van der Waals surface area contributed by atoms with E-state index in [0.717, 1.165) is 45.2 Å². The first-order chi connectivity index (χ1) is 11.6. The first kappa shape index (κ1) is 15.0.